The number of benzene rings is 1. The van der Waals surface area contributed by atoms with Crippen molar-refractivity contribution in [2.24, 2.45) is 5.73 Å². The first-order valence-electron chi connectivity index (χ1n) is 7.92. The van der Waals surface area contributed by atoms with Crippen LogP contribution in [0.1, 0.15) is 35.6 Å². The van der Waals surface area contributed by atoms with Gasteiger partial charge in [0.25, 0.3) is 0 Å². The zero-order valence-corrected chi connectivity index (χ0v) is 12.8. The number of nitrogens with zero attached hydrogens (tertiary/aromatic N) is 2. The Hall–Kier alpha value is -0.900. The van der Waals surface area contributed by atoms with Crippen LogP contribution in [0.15, 0.2) is 18.2 Å². The van der Waals surface area contributed by atoms with Gasteiger partial charge in [-0.1, -0.05) is 23.8 Å². The Kier molecular flexibility index (Phi) is 4.11. The lowest BCUT2D eigenvalue weighted by Crippen LogP contribution is -2.51. The van der Waals surface area contributed by atoms with E-state index in [4.69, 9.17) is 5.73 Å². The summed E-state index contributed by atoms with van der Waals surface area (Å²) in [5.74, 6) is 0. The molecule has 0 spiro atoms. The van der Waals surface area contributed by atoms with E-state index in [9.17, 15) is 0 Å². The molecule has 3 rings (SSSR count). The lowest BCUT2D eigenvalue weighted by molar-refractivity contribution is 0.0998. The van der Waals surface area contributed by atoms with Gasteiger partial charge in [-0.2, -0.15) is 0 Å². The minimum absolute atomic E-state index is 0.142. The first-order valence-corrected chi connectivity index (χ1v) is 7.92. The molecule has 0 amide bonds. The maximum atomic E-state index is 6.48. The number of fused-ring (bicyclic) bond motifs is 1. The van der Waals surface area contributed by atoms with Crippen molar-refractivity contribution in [2.75, 3.05) is 32.7 Å². The Labute approximate surface area is 122 Å². The number of rotatable bonds is 3. The third-order valence-corrected chi connectivity index (χ3v) is 4.96. The monoisotopic (exact) mass is 273 g/mol. The van der Waals surface area contributed by atoms with Gasteiger partial charge in [-0.25, -0.2) is 0 Å². The molecule has 0 aromatic heterocycles. The van der Waals surface area contributed by atoms with E-state index >= 15 is 0 Å². The predicted molar refractivity (Wildman–Crippen MR) is 83.9 cm³/mol. The second-order valence-electron chi connectivity index (χ2n) is 6.56. The summed E-state index contributed by atoms with van der Waals surface area (Å²) in [5.41, 5.74) is 10.4. The zero-order chi connectivity index (χ0) is 14.1. The van der Waals surface area contributed by atoms with E-state index in [1.165, 1.54) is 55.7 Å². The molecule has 0 saturated carbocycles. The normalized spacial score (nSPS) is 25.6. The molecule has 110 valence electrons. The molecular formula is C17H27N3. The van der Waals surface area contributed by atoms with Crippen molar-refractivity contribution < 1.29 is 0 Å². The highest BCUT2D eigenvalue weighted by molar-refractivity contribution is 5.33. The van der Waals surface area contributed by atoms with Crippen molar-refractivity contribution in [2.45, 2.75) is 38.8 Å². The van der Waals surface area contributed by atoms with E-state index in [1.807, 2.05) is 0 Å². The number of aryl methyl sites for hydroxylation is 2. The molecule has 2 aliphatic rings. The van der Waals surface area contributed by atoms with Gasteiger partial charge < -0.3 is 5.73 Å². The number of hydrogen-bond donors (Lipinski definition) is 1. The quantitative estimate of drug-likeness (QED) is 0.915. The molecule has 3 nitrogen and oxygen atoms in total. The number of hydrogen-bond acceptors (Lipinski definition) is 3. The van der Waals surface area contributed by atoms with Gasteiger partial charge in [-0.3, -0.25) is 9.80 Å². The van der Waals surface area contributed by atoms with Gasteiger partial charge in [0.1, 0.15) is 0 Å². The maximum absolute atomic E-state index is 6.48. The third kappa shape index (κ3) is 2.90. The van der Waals surface area contributed by atoms with E-state index in [-0.39, 0.29) is 6.04 Å². The Bertz CT molecular complexity index is 471. The first kappa shape index (κ1) is 14.1. The summed E-state index contributed by atoms with van der Waals surface area (Å²) in [5, 5.41) is 0. The third-order valence-electron chi connectivity index (χ3n) is 4.96. The summed E-state index contributed by atoms with van der Waals surface area (Å²) in [6.07, 6.45) is 2.75. The van der Waals surface area contributed by atoms with Crippen molar-refractivity contribution in [3.63, 3.8) is 0 Å². The molecule has 20 heavy (non-hydrogen) atoms. The van der Waals surface area contributed by atoms with Crippen LogP contribution in [0.5, 0.6) is 0 Å². The van der Waals surface area contributed by atoms with E-state index in [0.717, 1.165) is 12.6 Å². The zero-order valence-electron chi connectivity index (χ0n) is 12.8. The van der Waals surface area contributed by atoms with E-state index in [1.54, 1.807) is 0 Å². The Morgan fingerprint density at radius 1 is 1.25 bits per heavy atom. The van der Waals surface area contributed by atoms with Crippen LogP contribution in [0.25, 0.3) is 0 Å². The van der Waals surface area contributed by atoms with Crippen molar-refractivity contribution >= 4 is 0 Å². The molecule has 0 aliphatic carbocycles. The lowest BCUT2D eigenvalue weighted by atomic mass is 9.98. The summed E-state index contributed by atoms with van der Waals surface area (Å²) in [6, 6.07) is 7.55. The fourth-order valence-corrected chi connectivity index (χ4v) is 3.76. The van der Waals surface area contributed by atoms with Gasteiger partial charge in [-0.15, -0.1) is 0 Å². The van der Waals surface area contributed by atoms with Crippen LogP contribution in [0.2, 0.25) is 0 Å². The molecule has 1 aromatic carbocycles. The Morgan fingerprint density at radius 2 is 2.10 bits per heavy atom. The van der Waals surface area contributed by atoms with Crippen LogP contribution in [-0.4, -0.2) is 48.6 Å². The van der Waals surface area contributed by atoms with Crippen LogP contribution >= 0.6 is 0 Å². The molecule has 2 saturated heterocycles. The fraction of sp³-hybridized carbons (Fsp3) is 0.647. The van der Waals surface area contributed by atoms with Crippen molar-refractivity contribution in [3.05, 3.63) is 34.9 Å². The molecule has 2 N–H and O–H groups in total. The summed E-state index contributed by atoms with van der Waals surface area (Å²) in [7, 11) is 0. The van der Waals surface area contributed by atoms with Gasteiger partial charge in [0, 0.05) is 38.3 Å². The van der Waals surface area contributed by atoms with Crippen molar-refractivity contribution in [3.8, 4) is 0 Å². The van der Waals surface area contributed by atoms with Crippen LogP contribution in [-0.2, 0) is 0 Å². The predicted octanol–water partition coefficient (Wildman–Crippen LogP) is 2.08. The van der Waals surface area contributed by atoms with Crippen LogP contribution in [0, 0.1) is 13.8 Å². The van der Waals surface area contributed by atoms with E-state index < -0.39 is 0 Å². The summed E-state index contributed by atoms with van der Waals surface area (Å²) in [4.78, 5) is 5.22. The lowest BCUT2D eigenvalue weighted by Gasteiger charge is -2.38. The van der Waals surface area contributed by atoms with E-state index in [2.05, 4.69) is 41.8 Å². The van der Waals surface area contributed by atoms with Crippen LogP contribution in [0.3, 0.4) is 0 Å². The molecule has 3 heteroatoms. The molecule has 2 fully saturated rings. The molecule has 0 radical (unpaired) electrons. The van der Waals surface area contributed by atoms with E-state index in [0.29, 0.717) is 0 Å². The minimum atomic E-state index is 0.142. The second kappa shape index (κ2) is 5.84. The summed E-state index contributed by atoms with van der Waals surface area (Å²) < 4.78 is 0. The van der Waals surface area contributed by atoms with Gasteiger partial charge in [0.05, 0.1) is 0 Å². The molecule has 2 aliphatic heterocycles. The van der Waals surface area contributed by atoms with Crippen LogP contribution < -0.4 is 5.73 Å². The average molecular weight is 273 g/mol. The molecule has 0 bridgehead atoms. The van der Waals surface area contributed by atoms with Gasteiger partial charge >= 0.3 is 0 Å². The van der Waals surface area contributed by atoms with Gasteiger partial charge in [0.15, 0.2) is 0 Å². The summed E-state index contributed by atoms with van der Waals surface area (Å²) in [6.45, 7) is 10.2. The van der Waals surface area contributed by atoms with Crippen molar-refractivity contribution in [1.29, 1.82) is 0 Å². The van der Waals surface area contributed by atoms with Crippen LogP contribution in [0.4, 0.5) is 0 Å². The Morgan fingerprint density at radius 3 is 2.95 bits per heavy atom. The first-order chi connectivity index (χ1) is 9.63. The van der Waals surface area contributed by atoms with Gasteiger partial charge in [-0.05, 0) is 44.4 Å². The smallest absolute Gasteiger partial charge is 0.0427 e. The molecule has 2 atom stereocenters. The van der Waals surface area contributed by atoms with Crippen molar-refractivity contribution in [1.82, 2.24) is 9.80 Å². The minimum Gasteiger partial charge on any atom is -0.323 e. The molecule has 2 heterocycles. The number of piperazine rings is 1. The average Bonchev–Trinajstić information content (AvgIpc) is 2.89. The summed E-state index contributed by atoms with van der Waals surface area (Å²) >= 11 is 0. The topological polar surface area (TPSA) is 32.5 Å². The highest BCUT2D eigenvalue weighted by Crippen LogP contribution is 2.24. The molecule has 1 aromatic rings. The highest BCUT2D eigenvalue weighted by atomic mass is 15.3. The number of nitrogens with two attached hydrogens (primary N) is 1. The SMILES string of the molecule is Cc1ccc(C)c(C(N)CN2CCN3CCCC3C2)c1. The standard InChI is InChI=1S/C17H27N3/c1-13-5-6-14(2)16(10-13)17(18)12-19-8-9-20-7-3-4-15(20)11-19/h5-6,10,15,17H,3-4,7-9,11-12,18H2,1-2H3. The molecular weight excluding hydrogens is 246 g/mol. The molecule has 2 unspecified atom stereocenters. The van der Waals surface area contributed by atoms with Gasteiger partial charge in [0.2, 0.25) is 0 Å². The largest absolute Gasteiger partial charge is 0.323 e. The maximum Gasteiger partial charge on any atom is 0.0427 e. The Balaban J connectivity index is 1.64. The fourth-order valence-electron chi connectivity index (χ4n) is 3.76. The second-order valence-corrected chi connectivity index (χ2v) is 6.56. The highest BCUT2D eigenvalue weighted by Gasteiger charge is 2.31.